The second kappa shape index (κ2) is 12.7. The topological polar surface area (TPSA) is 128 Å². The van der Waals surface area contributed by atoms with Crippen molar-refractivity contribution < 1.29 is 34.7 Å². The lowest BCUT2D eigenvalue weighted by atomic mass is 10.2. The van der Waals surface area contributed by atoms with Crippen LogP contribution in [0.15, 0.2) is 0 Å². The Morgan fingerprint density at radius 1 is 1.14 bits per heavy atom. The molecule has 0 heterocycles. The lowest BCUT2D eigenvalue weighted by Crippen LogP contribution is -2.53. The second-order valence-corrected chi connectivity index (χ2v) is 5.15. The van der Waals surface area contributed by atoms with E-state index in [1.54, 1.807) is 6.92 Å². The summed E-state index contributed by atoms with van der Waals surface area (Å²) in [5, 5.41) is 38.8. The highest BCUT2D eigenvalue weighted by atomic mass is 16.7. The predicted molar refractivity (Wildman–Crippen MR) is 78.8 cm³/mol. The number of unbranched alkanes of at least 4 members (excludes halogenated alkanes) is 3. The fourth-order valence-electron chi connectivity index (χ4n) is 1.78. The highest BCUT2D eigenvalue weighted by Gasteiger charge is 2.31. The van der Waals surface area contributed by atoms with E-state index in [9.17, 15) is 15.0 Å². The smallest absolute Gasteiger partial charge is 0.217 e. The standard InChI is InChI=1S/C14H29NO7/c1-10(9-17)22-14(12(13(19)20)15-11(2)18)21-8-6-4-3-5-7-16/h10,12-14,16-17,19-20H,3-9H2,1-2H3,(H,15,18). The summed E-state index contributed by atoms with van der Waals surface area (Å²) in [6.45, 7) is 3.05. The van der Waals surface area contributed by atoms with Gasteiger partial charge in [0.25, 0.3) is 0 Å². The number of carbonyl (C=O) groups is 1. The first kappa shape index (κ1) is 21.2. The van der Waals surface area contributed by atoms with Crippen molar-refractivity contribution in [1.82, 2.24) is 5.32 Å². The van der Waals surface area contributed by atoms with Crippen molar-refractivity contribution in [2.45, 2.75) is 64.3 Å². The molecule has 22 heavy (non-hydrogen) atoms. The van der Waals surface area contributed by atoms with Crippen LogP contribution < -0.4 is 5.32 Å². The molecule has 0 fully saturated rings. The molecule has 8 nitrogen and oxygen atoms in total. The fourth-order valence-corrected chi connectivity index (χ4v) is 1.78. The Morgan fingerprint density at radius 3 is 2.27 bits per heavy atom. The van der Waals surface area contributed by atoms with Crippen LogP contribution >= 0.6 is 0 Å². The Kier molecular flexibility index (Phi) is 12.3. The van der Waals surface area contributed by atoms with Crippen molar-refractivity contribution >= 4 is 5.91 Å². The maximum absolute atomic E-state index is 11.1. The molecule has 132 valence electrons. The zero-order chi connectivity index (χ0) is 17.0. The predicted octanol–water partition coefficient (Wildman–Crippen LogP) is -0.905. The van der Waals surface area contributed by atoms with E-state index in [-0.39, 0.29) is 13.2 Å². The molecule has 0 bridgehead atoms. The number of carbonyl (C=O) groups excluding carboxylic acids is 1. The highest BCUT2D eigenvalue weighted by molar-refractivity contribution is 5.73. The minimum Gasteiger partial charge on any atom is -0.396 e. The molecule has 3 unspecified atom stereocenters. The molecule has 0 saturated heterocycles. The molecule has 5 N–H and O–H groups in total. The summed E-state index contributed by atoms with van der Waals surface area (Å²) >= 11 is 0. The zero-order valence-corrected chi connectivity index (χ0v) is 13.3. The average Bonchev–Trinajstić information content (AvgIpc) is 2.46. The van der Waals surface area contributed by atoms with Crippen LogP contribution in [0.2, 0.25) is 0 Å². The molecule has 0 aliphatic rings. The van der Waals surface area contributed by atoms with Crippen molar-refractivity contribution in [3.8, 4) is 0 Å². The monoisotopic (exact) mass is 323 g/mol. The summed E-state index contributed by atoms with van der Waals surface area (Å²) in [7, 11) is 0. The van der Waals surface area contributed by atoms with E-state index in [1.807, 2.05) is 0 Å². The number of aliphatic hydroxyl groups excluding tert-OH is 3. The molecule has 0 aliphatic carbocycles. The molecule has 8 heteroatoms. The van der Waals surface area contributed by atoms with Gasteiger partial charge in [0, 0.05) is 20.1 Å². The Hall–Kier alpha value is -0.770. The van der Waals surface area contributed by atoms with Gasteiger partial charge in [-0.15, -0.1) is 0 Å². The van der Waals surface area contributed by atoms with E-state index in [2.05, 4.69) is 5.32 Å². The SMILES string of the molecule is CC(=O)NC(C(O)O)C(OCCCCCCO)OC(C)CO. The molecule has 0 aromatic carbocycles. The number of rotatable bonds is 13. The van der Waals surface area contributed by atoms with Crippen molar-refractivity contribution in [3.63, 3.8) is 0 Å². The number of aliphatic hydroxyl groups is 4. The third-order valence-electron chi connectivity index (χ3n) is 2.94. The zero-order valence-electron chi connectivity index (χ0n) is 13.3. The van der Waals surface area contributed by atoms with Gasteiger partial charge in [0.1, 0.15) is 6.04 Å². The number of nitrogens with one attached hydrogen (secondary N) is 1. The van der Waals surface area contributed by atoms with Crippen LogP contribution in [0.5, 0.6) is 0 Å². The number of ether oxygens (including phenoxy) is 2. The first-order valence-electron chi connectivity index (χ1n) is 7.54. The Morgan fingerprint density at radius 2 is 1.77 bits per heavy atom. The Labute approximate surface area is 131 Å². The van der Waals surface area contributed by atoms with Gasteiger partial charge in [-0.05, 0) is 19.8 Å². The van der Waals surface area contributed by atoms with Crippen molar-refractivity contribution in [3.05, 3.63) is 0 Å². The second-order valence-electron chi connectivity index (χ2n) is 5.15. The van der Waals surface area contributed by atoms with Crippen molar-refractivity contribution in [2.75, 3.05) is 19.8 Å². The molecule has 0 aromatic heterocycles. The van der Waals surface area contributed by atoms with Crippen LogP contribution in [0, 0.1) is 0 Å². The van der Waals surface area contributed by atoms with Gasteiger partial charge < -0.3 is 35.2 Å². The summed E-state index contributed by atoms with van der Waals surface area (Å²) in [5.41, 5.74) is 0. The largest absolute Gasteiger partial charge is 0.396 e. The Bertz CT molecular complexity index is 288. The number of amides is 1. The summed E-state index contributed by atoms with van der Waals surface area (Å²) < 4.78 is 10.9. The summed E-state index contributed by atoms with van der Waals surface area (Å²) in [4.78, 5) is 11.1. The van der Waals surface area contributed by atoms with E-state index >= 15 is 0 Å². The molecule has 0 radical (unpaired) electrons. The minimum absolute atomic E-state index is 0.155. The maximum Gasteiger partial charge on any atom is 0.217 e. The fraction of sp³-hybridized carbons (Fsp3) is 0.929. The molecule has 1 amide bonds. The van der Waals surface area contributed by atoms with Crippen LogP contribution in [0.1, 0.15) is 39.5 Å². The van der Waals surface area contributed by atoms with Crippen LogP contribution in [-0.2, 0) is 14.3 Å². The lowest BCUT2D eigenvalue weighted by molar-refractivity contribution is -0.224. The molecule has 0 saturated carbocycles. The Balaban J connectivity index is 4.47. The minimum atomic E-state index is -1.85. The van der Waals surface area contributed by atoms with E-state index in [4.69, 9.17) is 19.7 Å². The van der Waals surface area contributed by atoms with Crippen LogP contribution in [0.25, 0.3) is 0 Å². The number of hydrogen-bond donors (Lipinski definition) is 5. The van der Waals surface area contributed by atoms with Gasteiger partial charge in [-0.25, -0.2) is 0 Å². The van der Waals surface area contributed by atoms with E-state index < -0.39 is 30.6 Å². The van der Waals surface area contributed by atoms with Crippen LogP contribution in [-0.4, -0.2) is 70.9 Å². The quantitative estimate of drug-likeness (QED) is 0.219. The third kappa shape index (κ3) is 10.0. The molecular formula is C14H29NO7. The highest BCUT2D eigenvalue weighted by Crippen LogP contribution is 2.11. The summed E-state index contributed by atoms with van der Waals surface area (Å²) in [6.07, 6.45) is -0.342. The van der Waals surface area contributed by atoms with E-state index in [0.29, 0.717) is 13.0 Å². The van der Waals surface area contributed by atoms with E-state index in [0.717, 1.165) is 19.3 Å². The van der Waals surface area contributed by atoms with Gasteiger partial charge in [0.15, 0.2) is 12.6 Å². The molecule has 0 rings (SSSR count). The van der Waals surface area contributed by atoms with Crippen molar-refractivity contribution in [1.29, 1.82) is 0 Å². The van der Waals surface area contributed by atoms with Gasteiger partial charge in [-0.1, -0.05) is 12.8 Å². The lowest BCUT2D eigenvalue weighted by Gasteiger charge is -2.30. The molecule has 0 aliphatic heterocycles. The van der Waals surface area contributed by atoms with E-state index in [1.165, 1.54) is 6.92 Å². The molecular weight excluding hydrogens is 294 g/mol. The van der Waals surface area contributed by atoms with Gasteiger partial charge in [-0.2, -0.15) is 0 Å². The van der Waals surface area contributed by atoms with Crippen LogP contribution in [0.3, 0.4) is 0 Å². The van der Waals surface area contributed by atoms with Crippen molar-refractivity contribution in [2.24, 2.45) is 0 Å². The maximum atomic E-state index is 11.1. The molecule has 0 aromatic rings. The van der Waals surface area contributed by atoms with Gasteiger partial charge in [0.2, 0.25) is 5.91 Å². The molecule has 3 atom stereocenters. The normalized spacial score (nSPS) is 15.6. The summed E-state index contributed by atoms with van der Waals surface area (Å²) in [6, 6.07) is -1.15. The van der Waals surface area contributed by atoms with Gasteiger partial charge >= 0.3 is 0 Å². The first-order chi connectivity index (χ1) is 10.4. The summed E-state index contributed by atoms with van der Waals surface area (Å²) in [5.74, 6) is -0.449. The number of hydrogen-bond acceptors (Lipinski definition) is 7. The third-order valence-corrected chi connectivity index (χ3v) is 2.94. The van der Waals surface area contributed by atoms with Gasteiger partial charge in [-0.3, -0.25) is 4.79 Å². The van der Waals surface area contributed by atoms with Crippen LogP contribution in [0.4, 0.5) is 0 Å². The average molecular weight is 323 g/mol. The van der Waals surface area contributed by atoms with Gasteiger partial charge in [0.05, 0.1) is 12.7 Å². The first-order valence-corrected chi connectivity index (χ1v) is 7.54. The molecule has 0 spiro atoms.